The molecule has 5 aliphatic rings. The Balaban J connectivity index is 1.27. The Kier molecular flexibility index (Phi) is 7.56. The van der Waals surface area contributed by atoms with Crippen LogP contribution in [-0.2, 0) is 23.9 Å². The highest BCUT2D eigenvalue weighted by Gasteiger charge is 2.63. The van der Waals surface area contributed by atoms with Crippen molar-refractivity contribution in [2.45, 2.75) is 118 Å². The number of hydrogen-bond acceptors (Lipinski definition) is 5. The summed E-state index contributed by atoms with van der Waals surface area (Å²) in [4.78, 5) is 36.6. The molecular weight excluding hydrogens is 490 g/mol. The van der Waals surface area contributed by atoms with Gasteiger partial charge < -0.3 is 9.47 Å². The van der Waals surface area contributed by atoms with Crippen LogP contribution in [0.3, 0.4) is 0 Å². The van der Waals surface area contributed by atoms with Crippen molar-refractivity contribution < 1.29 is 23.9 Å². The van der Waals surface area contributed by atoms with Gasteiger partial charge in [0.1, 0.15) is 12.2 Å². The lowest BCUT2D eigenvalue weighted by atomic mass is 9.47. The lowest BCUT2D eigenvalue weighted by Gasteiger charge is -2.58. The first kappa shape index (κ1) is 28.4. The molecule has 39 heavy (non-hydrogen) atoms. The van der Waals surface area contributed by atoms with Crippen LogP contribution < -0.4 is 0 Å². The normalized spacial score (nSPS) is 39.4. The second-order valence-electron chi connectivity index (χ2n) is 14.0. The van der Waals surface area contributed by atoms with Crippen molar-refractivity contribution >= 4 is 17.8 Å². The van der Waals surface area contributed by atoms with Gasteiger partial charge in [-0.05, 0) is 91.9 Å². The largest absolute Gasteiger partial charge is 0.494 e. The molecule has 0 bridgehead atoms. The summed E-state index contributed by atoms with van der Waals surface area (Å²) in [7, 11) is 0. The van der Waals surface area contributed by atoms with Crippen LogP contribution in [0.1, 0.15) is 106 Å². The Hall–Kier alpha value is -2.11. The molecule has 0 N–H and O–H groups in total. The summed E-state index contributed by atoms with van der Waals surface area (Å²) in [6.07, 6.45) is 12.5. The summed E-state index contributed by atoms with van der Waals surface area (Å²) >= 11 is 0. The first-order chi connectivity index (χ1) is 18.3. The zero-order chi connectivity index (χ0) is 28.3. The van der Waals surface area contributed by atoms with Crippen LogP contribution in [0.15, 0.2) is 23.0 Å². The van der Waals surface area contributed by atoms with Crippen molar-refractivity contribution in [1.82, 2.24) is 4.90 Å². The van der Waals surface area contributed by atoms with Gasteiger partial charge in [0.15, 0.2) is 0 Å². The third-order valence-electron chi connectivity index (χ3n) is 11.7. The van der Waals surface area contributed by atoms with Gasteiger partial charge in [-0.1, -0.05) is 32.4 Å². The number of nitrogens with zero attached hydrogens (tertiary/aromatic N) is 1. The Morgan fingerprint density at radius 2 is 1.82 bits per heavy atom. The smallest absolute Gasteiger partial charge is 0.302 e. The van der Waals surface area contributed by atoms with Crippen LogP contribution >= 0.6 is 0 Å². The van der Waals surface area contributed by atoms with Gasteiger partial charge in [-0.2, -0.15) is 0 Å². The van der Waals surface area contributed by atoms with Crippen molar-refractivity contribution in [1.29, 1.82) is 0 Å². The minimum Gasteiger partial charge on any atom is -0.494 e. The molecule has 0 saturated heterocycles. The molecule has 1 aliphatic heterocycles. The standard InChI is InChI=1S/C33H49NO5/c1-19(18-34(21(3)35)22(4)36)8-11-29-20(2)31-30(39-29)17-28-26-10-9-24-16-25(38-23(5)37)12-14-32(24,6)27(26)13-15-33(28,31)7/h9,19,25-28,30-31H,8,10-18H2,1-7H3/t19-,25-,26-,27+,28+,30+,31+,32+,33+/m1/s1. The average molecular weight is 540 g/mol. The van der Waals surface area contributed by atoms with E-state index in [2.05, 4.69) is 33.8 Å². The van der Waals surface area contributed by atoms with E-state index in [-0.39, 0.29) is 46.7 Å². The maximum absolute atomic E-state index is 11.8. The summed E-state index contributed by atoms with van der Waals surface area (Å²) in [5.41, 5.74) is 3.50. The predicted octanol–water partition coefficient (Wildman–Crippen LogP) is 6.59. The zero-order valence-electron chi connectivity index (χ0n) is 25.2. The number of esters is 1. The fourth-order valence-corrected chi connectivity index (χ4v) is 9.81. The van der Waals surface area contributed by atoms with Crippen LogP contribution in [0.5, 0.6) is 0 Å². The van der Waals surface area contributed by atoms with E-state index in [0.717, 1.165) is 50.7 Å². The molecular formula is C33H49NO5. The number of ether oxygens (including phenoxy) is 2. The fraction of sp³-hybridized carbons (Fsp3) is 0.788. The van der Waals surface area contributed by atoms with E-state index >= 15 is 0 Å². The molecule has 3 fully saturated rings. The van der Waals surface area contributed by atoms with Crippen molar-refractivity contribution in [3.8, 4) is 0 Å². The number of amides is 2. The third kappa shape index (κ3) is 4.88. The van der Waals surface area contributed by atoms with Crippen LogP contribution in [0.25, 0.3) is 0 Å². The van der Waals surface area contributed by atoms with E-state index in [0.29, 0.717) is 30.2 Å². The fourth-order valence-electron chi connectivity index (χ4n) is 9.81. The molecule has 0 aromatic rings. The van der Waals surface area contributed by atoms with E-state index in [1.54, 1.807) is 5.57 Å². The van der Waals surface area contributed by atoms with Crippen molar-refractivity contribution in [2.24, 2.45) is 40.4 Å². The second-order valence-corrected chi connectivity index (χ2v) is 14.0. The monoisotopic (exact) mass is 539 g/mol. The Labute approximate surface area is 234 Å². The quantitative estimate of drug-likeness (QED) is 0.281. The molecule has 6 nitrogen and oxygen atoms in total. The van der Waals surface area contributed by atoms with Gasteiger partial charge in [0.25, 0.3) is 0 Å². The molecule has 6 heteroatoms. The van der Waals surface area contributed by atoms with Gasteiger partial charge in [-0.3, -0.25) is 19.3 Å². The molecule has 0 unspecified atom stereocenters. The molecule has 0 radical (unpaired) electrons. The molecule has 9 atom stereocenters. The SMILES string of the molecule is CC(=O)O[C@@H]1CC[C@@]2(C)C(=CC[C@H]3[C@@H]4C[C@@H]5OC(CC[C@@H](C)CN(C(C)=O)C(C)=O)=C(C)[C@@H]5[C@@]4(C)CC[C@@H]32)C1. The maximum Gasteiger partial charge on any atom is 0.302 e. The van der Waals surface area contributed by atoms with Crippen molar-refractivity contribution in [2.75, 3.05) is 6.54 Å². The van der Waals surface area contributed by atoms with Gasteiger partial charge in [0.2, 0.25) is 11.8 Å². The number of fused-ring (bicyclic) bond motifs is 7. The highest BCUT2D eigenvalue weighted by molar-refractivity contribution is 5.92. The number of rotatable bonds is 6. The number of allylic oxidation sites excluding steroid dienone is 2. The van der Waals surface area contributed by atoms with Crippen molar-refractivity contribution in [3.63, 3.8) is 0 Å². The average Bonchev–Trinajstić information content (AvgIpc) is 3.33. The van der Waals surface area contributed by atoms with Gasteiger partial charge in [-0.25, -0.2) is 0 Å². The number of imide groups is 1. The van der Waals surface area contributed by atoms with Gasteiger partial charge >= 0.3 is 5.97 Å². The van der Waals surface area contributed by atoms with Crippen LogP contribution in [0.2, 0.25) is 0 Å². The van der Waals surface area contributed by atoms with Crippen LogP contribution in [-0.4, -0.2) is 41.4 Å². The number of carbonyl (C=O) groups excluding carboxylic acids is 3. The first-order valence-electron chi connectivity index (χ1n) is 15.4. The second kappa shape index (κ2) is 10.4. The molecule has 216 valence electrons. The molecule has 4 aliphatic carbocycles. The molecule has 2 amide bonds. The summed E-state index contributed by atoms with van der Waals surface area (Å²) in [6.45, 7) is 14.4. The van der Waals surface area contributed by atoms with Crippen LogP contribution in [0, 0.1) is 40.4 Å². The molecule has 0 aromatic heterocycles. The van der Waals surface area contributed by atoms with E-state index in [1.165, 1.54) is 44.1 Å². The minimum atomic E-state index is -0.179. The highest BCUT2D eigenvalue weighted by atomic mass is 16.5. The van der Waals surface area contributed by atoms with E-state index in [4.69, 9.17) is 9.47 Å². The van der Waals surface area contributed by atoms with Gasteiger partial charge in [0, 0.05) is 46.1 Å². The molecule has 0 spiro atoms. The van der Waals surface area contributed by atoms with E-state index in [9.17, 15) is 14.4 Å². The number of hydrogen-bond donors (Lipinski definition) is 0. The zero-order valence-corrected chi connectivity index (χ0v) is 25.2. The Bertz CT molecular complexity index is 1080. The molecule has 1 heterocycles. The van der Waals surface area contributed by atoms with E-state index < -0.39 is 0 Å². The lowest BCUT2D eigenvalue weighted by Crippen LogP contribution is -2.50. The van der Waals surface area contributed by atoms with Gasteiger partial charge in [-0.15, -0.1) is 0 Å². The molecule has 3 saturated carbocycles. The van der Waals surface area contributed by atoms with E-state index in [1.807, 2.05) is 0 Å². The molecule has 5 rings (SSSR count). The summed E-state index contributed by atoms with van der Waals surface area (Å²) in [5, 5.41) is 0. The summed E-state index contributed by atoms with van der Waals surface area (Å²) in [6, 6.07) is 0. The summed E-state index contributed by atoms with van der Waals surface area (Å²) < 4.78 is 12.4. The number of carbonyl (C=O) groups is 3. The third-order valence-corrected chi connectivity index (χ3v) is 11.7. The minimum absolute atomic E-state index is 0.0494. The first-order valence-corrected chi connectivity index (χ1v) is 15.4. The van der Waals surface area contributed by atoms with Crippen molar-refractivity contribution in [3.05, 3.63) is 23.0 Å². The maximum atomic E-state index is 11.8. The molecule has 0 aromatic carbocycles. The lowest BCUT2D eigenvalue weighted by molar-refractivity contribution is -0.149. The highest BCUT2D eigenvalue weighted by Crippen LogP contribution is 2.69. The Morgan fingerprint density at radius 1 is 1.10 bits per heavy atom. The van der Waals surface area contributed by atoms with Crippen LogP contribution in [0.4, 0.5) is 0 Å². The Morgan fingerprint density at radius 3 is 2.49 bits per heavy atom. The predicted molar refractivity (Wildman–Crippen MR) is 150 cm³/mol. The summed E-state index contributed by atoms with van der Waals surface area (Å²) in [5.74, 6) is 3.48. The topological polar surface area (TPSA) is 72.9 Å². The van der Waals surface area contributed by atoms with Gasteiger partial charge in [0.05, 0.1) is 5.76 Å².